The van der Waals surface area contributed by atoms with Crippen molar-refractivity contribution in [2.75, 3.05) is 0 Å². The van der Waals surface area contributed by atoms with Gasteiger partial charge in [-0.15, -0.1) is 0 Å². The Kier molecular flexibility index (Phi) is 4.73. The van der Waals surface area contributed by atoms with E-state index in [2.05, 4.69) is 15.9 Å². The van der Waals surface area contributed by atoms with Crippen LogP contribution in [0.1, 0.15) is 17.0 Å². The van der Waals surface area contributed by atoms with Gasteiger partial charge in [-0.2, -0.15) is 0 Å². The lowest BCUT2D eigenvalue weighted by atomic mass is 10.2. The number of benzene rings is 3. The summed E-state index contributed by atoms with van der Waals surface area (Å²) in [5.41, 5.74) is 3.55. The van der Waals surface area contributed by atoms with Crippen molar-refractivity contribution in [3.05, 3.63) is 105 Å². The minimum Gasteiger partial charge on any atom is -0.268 e. The second kappa shape index (κ2) is 7.33. The summed E-state index contributed by atoms with van der Waals surface area (Å²) in [5.74, 6) is 0.590. The van der Waals surface area contributed by atoms with Crippen molar-refractivity contribution in [1.29, 1.82) is 0 Å². The molecule has 0 radical (unpaired) electrons. The van der Waals surface area contributed by atoms with E-state index < -0.39 is 0 Å². The van der Waals surface area contributed by atoms with Gasteiger partial charge in [-0.05, 0) is 64.3 Å². The molecule has 0 N–H and O–H groups in total. The van der Waals surface area contributed by atoms with Gasteiger partial charge in [-0.25, -0.2) is 4.98 Å². The summed E-state index contributed by atoms with van der Waals surface area (Å²) in [6.45, 7) is 2.02. The minimum absolute atomic E-state index is 0.0853. The predicted molar refractivity (Wildman–Crippen MR) is 115 cm³/mol. The highest BCUT2D eigenvalue weighted by atomic mass is 79.9. The topological polar surface area (TPSA) is 34.9 Å². The number of rotatable bonds is 3. The van der Waals surface area contributed by atoms with Gasteiger partial charge in [0.25, 0.3) is 5.56 Å². The number of aryl methyl sites for hydroxylation is 1. The van der Waals surface area contributed by atoms with Crippen molar-refractivity contribution in [1.82, 2.24) is 9.55 Å². The SMILES string of the molecule is Cc1ccc(-n2c(/C=C/c3ccccc3)nc3ccccc3c2=O)c(Br)c1. The van der Waals surface area contributed by atoms with Crippen LogP contribution in [0.4, 0.5) is 0 Å². The van der Waals surface area contributed by atoms with Crippen molar-refractivity contribution in [2.24, 2.45) is 0 Å². The predicted octanol–water partition coefficient (Wildman–Crippen LogP) is 5.63. The van der Waals surface area contributed by atoms with Gasteiger partial charge in [-0.3, -0.25) is 9.36 Å². The summed E-state index contributed by atoms with van der Waals surface area (Å²) in [5, 5.41) is 0.599. The maximum absolute atomic E-state index is 13.3. The molecule has 0 saturated heterocycles. The molecule has 3 nitrogen and oxygen atoms in total. The summed E-state index contributed by atoms with van der Waals surface area (Å²) in [4.78, 5) is 18.0. The number of halogens is 1. The zero-order chi connectivity index (χ0) is 18.8. The molecule has 1 heterocycles. The Bertz CT molecular complexity index is 1210. The molecule has 1 aromatic heterocycles. The standard InChI is InChI=1S/C23H17BrN2O/c1-16-11-13-21(19(24)15-16)26-22(14-12-17-7-3-2-4-8-17)25-20-10-6-5-9-18(20)23(26)27/h2-15H,1H3/b14-12+. The molecular weight excluding hydrogens is 400 g/mol. The van der Waals surface area contributed by atoms with E-state index in [1.165, 1.54) is 0 Å². The molecule has 0 atom stereocenters. The molecule has 3 aromatic carbocycles. The van der Waals surface area contributed by atoms with Crippen LogP contribution in [0.3, 0.4) is 0 Å². The van der Waals surface area contributed by atoms with E-state index in [0.717, 1.165) is 21.3 Å². The highest BCUT2D eigenvalue weighted by Gasteiger charge is 2.13. The summed E-state index contributed by atoms with van der Waals surface area (Å²) in [7, 11) is 0. The molecule has 4 aromatic rings. The summed E-state index contributed by atoms with van der Waals surface area (Å²) >= 11 is 3.60. The number of hydrogen-bond donors (Lipinski definition) is 0. The largest absolute Gasteiger partial charge is 0.268 e. The first-order valence-corrected chi connectivity index (χ1v) is 9.44. The van der Waals surface area contributed by atoms with E-state index in [1.807, 2.05) is 91.9 Å². The Hall–Kier alpha value is -2.98. The van der Waals surface area contributed by atoms with Crippen LogP contribution in [0, 0.1) is 6.92 Å². The normalized spacial score (nSPS) is 11.3. The summed E-state index contributed by atoms with van der Waals surface area (Å²) in [6.07, 6.45) is 3.85. The highest BCUT2D eigenvalue weighted by molar-refractivity contribution is 9.10. The lowest BCUT2D eigenvalue weighted by Gasteiger charge is -2.13. The minimum atomic E-state index is -0.0853. The van der Waals surface area contributed by atoms with E-state index in [4.69, 9.17) is 4.98 Å². The fraction of sp³-hybridized carbons (Fsp3) is 0.0435. The molecule has 0 unspecified atom stereocenters. The van der Waals surface area contributed by atoms with Crippen molar-refractivity contribution in [3.63, 3.8) is 0 Å². The smallest absolute Gasteiger partial charge is 0.266 e. The zero-order valence-electron chi connectivity index (χ0n) is 14.8. The second-order valence-electron chi connectivity index (χ2n) is 6.33. The van der Waals surface area contributed by atoms with E-state index >= 15 is 0 Å². The third kappa shape index (κ3) is 3.49. The third-order valence-electron chi connectivity index (χ3n) is 4.37. The van der Waals surface area contributed by atoms with Crippen molar-refractivity contribution >= 4 is 39.0 Å². The van der Waals surface area contributed by atoms with Crippen LogP contribution in [-0.4, -0.2) is 9.55 Å². The van der Waals surface area contributed by atoms with Gasteiger partial charge in [-0.1, -0.05) is 54.6 Å². The average molecular weight is 417 g/mol. The molecule has 0 fully saturated rings. The molecule has 0 spiro atoms. The van der Waals surface area contributed by atoms with Gasteiger partial charge < -0.3 is 0 Å². The van der Waals surface area contributed by atoms with Crippen LogP contribution in [0.2, 0.25) is 0 Å². The lowest BCUT2D eigenvalue weighted by molar-refractivity contribution is 0.938. The Balaban J connectivity index is 1.98. The molecule has 0 aliphatic rings. The van der Waals surface area contributed by atoms with Crippen molar-refractivity contribution < 1.29 is 0 Å². The van der Waals surface area contributed by atoms with Crippen molar-refractivity contribution in [2.45, 2.75) is 6.92 Å². The van der Waals surface area contributed by atoms with E-state index in [0.29, 0.717) is 16.7 Å². The highest BCUT2D eigenvalue weighted by Crippen LogP contribution is 2.24. The Labute approximate surface area is 165 Å². The van der Waals surface area contributed by atoms with Gasteiger partial charge in [0.05, 0.1) is 16.6 Å². The first kappa shape index (κ1) is 17.4. The van der Waals surface area contributed by atoms with Crippen LogP contribution in [0.15, 0.2) is 82.1 Å². The Morgan fingerprint density at radius 1 is 0.926 bits per heavy atom. The number of nitrogens with zero attached hydrogens (tertiary/aromatic N) is 2. The number of fused-ring (bicyclic) bond motifs is 1. The average Bonchev–Trinajstić information content (AvgIpc) is 2.68. The zero-order valence-corrected chi connectivity index (χ0v) is 16.3. The van der Waals surface area contributed by atoms with E-state index in [9.17, 15) is 4.79 Å². The number of hydrogen-bond acceptors (Lipinski definition) is 2. The monoisotopic (exact) mass is 416 g/mol. The van der Waals surface area contributed by atoms with Crippen LogP contribution in [0.5, 0.6) is 0 Å². The van der Waals surface area contributed by atoms with E-state index in [-0.39, 0.29) is 5.56 Å². The molecule has 132 valence electrons. The van der Waals surface area contributed by atoms with Gasteiger partial charge >= 0.3 is 0 Å². The van der Waals surface area contributed by atoms with E-state index in [1.54, 1.807) is 4.57 Å². The molecule has 0 aliphatic heterocycles. The molecular formula is C23H17BrN2O. The van der Waals surface area contributed by atoms with Crippen molar-refractivity contribution in [3.8, 4) is 5.69 Å². The van der Waals surface area contributed by atoms with Crippen LogP contribution < -0.4 is 5.56 Å². The fourth-order valence-electron chi connectivity index (χ4n) is 3.02. The molecule has 0 saturated carbocycles. The maximum Gasteiger partial charge on any atom is 0.266 e. The molecule has 4 rings (SSSR count). The van der Waals surface area contributed by atoms with Gasteiger partial charge in [0.1, 0.15) is 5.82 Å². The lowest BCUT2D eigenvalue weighted by Crippen LogP contribution is -2.22. The fourth-order valence-corrected chi connectivity index (χ4v) is 3.69. The van der Waals surface area contributed by atoms with Crippen LogP contribution in [-0.2, 0) is 0 Å². The van der Waals surface area contributed by atoms with Crippen LogP contribution in [0.25, 0.3) is 28.7 Å². The molecule has 0 bridgehead atoms. The Morgan fingerprint density at radius 2 is 1.67 bits per heavy atom. The van der Waals surface area contributed by atoms with Crippen LogP contribution >= 0.6 is 15.9 Å². The maximum atomic E-state index is 13.3. The molecule has 0 amide bonds. The second-order valence-corrected chi connectivity index (χ2v) is 7.18. The molecule has 27 heavy (non-hydrogen) atoms. The van der Waals surface area contributed by atoms with Gasteiger partial charge in [0.2, 0.25) is 0 Å². The summed E-state index contributed by atoms with van der Waals surface area (Å²) in [6, 6.07) is 23.3. The first-order valence-electron chi connectivity index (χ1n) is 8.65. The summed E-state index contributed by atoms with van der Waals surface area (Å²) < 4.78 is 2.52. The first-order chi connectivity index (χ1) is 13.1. The Morgan fingerprint density at radius 3 is 2.44 bits per heavy atom. The van der Waals surface area contributed by atoms with Gasteiger partial charge in [0, 0.05) is 4.47 Å². The quantitative estimate of drug-likeness (QED) is 0.433. The number of para-hydroxylation sites is 1. The van der Waals surface area contributed by atoms with Gasteiger partial charge in [0.15, 0.2) is 0 Å². The molecule has 4 heteroatoms. The number of aromatic nitrogens is 2. The molecule has 0 aliphatic carbocycles. The third-order valence-corrected chi connectivity index (χ3v) is 5.01.